The zero-order valence-electron chi connectivity index (χ0n) is 14.7. The quantitative estimate of drug-likeness (QED) is 0.762. The number of nitrogens with one attached hydrogen (secondary N) is 1. The number of carbonyl (C=O) groups excluding carboxylic acids is 1. The Morgan fingerprint density at radius 2 is 1.88 bits per heavy atom. The summed E-state index contributed by atoms with van der Waals surface area (Å²) in [6.45, 7) is 6.52. The van der Waals surface area contributed by atoms with Crippen molar-refractivity contribution in [2.24, 2.45) is 0 Å². The molecule has 1 amide bonds. The summed E-state index contributed by atoms with van der Waals surface area (Å²) in [6, 6.07) is 15.8. The molecular weight excluding hydrogens is 312 g/mol. The van der Waals surface area contributed by atoms with Gasteiger partial charge in [-0.25, -0.2) is 4.98 Å². The number of carbonyl (C=O) groups is 1. The minimum atomic E-state index is -0.0672. The molecule has 0 aliphatic heterocycles. The summed E-state index contributed by atoms with van der Waals surface area (Å²) in [5.41, 5.74) is 0.650. The van der Waals surface area contributed by atoms with Crippen molar-refractivity contribution in [2.45, 2.75) is 26.8 Å². The summed E-state index contributed by atoms with van der Waals surface area (Å²) in [5.74, 6) is 1.05. The number of hydrogen-bond acceptors (Lipinski definition) is 4. The highest BCUT2D eigenvalue weighted by atomic mass is 16.2. The van der Waals surface area contributed by atoms with Crippen LogP contribution in [0.2, 0.25) is 0 Å². The minimum Gasteiger partial charge on any atom is -0.352 e. The van der Waals surface area contributed by atoms with Gasteiger partial charge >= 0.3 is 0 Å². The summed E-state index contributed by atoms with van der Waals surface area (Å²) >= 11 is 0. The topological polar surface area (TPSA) is 58.1 Å². The van der Waals surface area contributed by atoms with Gasteiger partial charge in [0.05, 0.1) is 0 Å². The van der Waals surface area contributed by atoms with E-state index in [-0.39, 0.29) is 11.9 Å². The van der Waals surface area contributed by atoms with Crippen molar-refractivity contribution in [3.05, 3.63) is 60.3 Å². The smallest absolute Gasteiger partial charge is 0.259 e. The summed E-state index contributed by atoms with van der Waals surface area (Å²) in [6.07, 6.45) is 1.67. The summed E-state index contributed by atoms with van der Waals surface area (Å²) in [7, 11) is 0. The van der Waals surface area contributed by atoms with Crippen molar-refractivity contribution >= 4 is 28.4 Å². The van der Waals surface area contributed by atoms with Crippen LogP contribution in [0.5, 0.6) is 0 Å². The summed E-state index contributed by atoms with van der Waals surface area (Å²) in [4.78, 5) is 23.3. The van der Waals surface area contributed by atoms with Crippen LogP contribution in [-0.4, -0.2) is 28.5 Å². The standard InChI is InChI=1S/C20H22N4O/c1-4-24(18-11-12-21-20(23-18)22-14(2)3)19(25)17-10-9-15-7-5-6-8-16(15)13-17/h5-14H,4H2,1-3H3,(H,21,22,23). The Kier molecular flexibility index (Phi) is 4.93. The largest absolute Gasteiger partial charge is 0.352 e. The van der Waals surface area contributed by atoms with Crippen molar-refractivity contribution in [3.63, 3.8) is 0 Å². The fraction of sp³-hybridized carbons (Fsp3) is 0.250. The number of rotatable bonds is 5. The fourth-order valence-electron chi connectivity index (χ4n) is 2.72. The van der Waals surface area contributed by atoms with E-state index >= 15 is 0 Å². The molecule has 0 bridgehead atoms. The molecule has 0 aliphatic carbocycles. The van der Waals surface area contributed by atoms with Crippen LogP contribution >= 0.6 is 0 Å². The number of hydrogen-bond donors (Lipinski definition) is 1. The van der Waals surface area contributed by atoms with Crippen LogP contribution in [0.3, 0.4) is 0 Å². The van der Waals surface area contributed by atoms with E-state index in [1.165, 1.54) is 0 Å². The van der Waals surface area contributed by atoms with Gasteiger partial charge in [-0.15, -0.1) is 0 Å². The van der Waals surface area contributed by atoms with Gasteiger partial charge in [0.25, 0.3) is 5.91 Å². The number of anilines is 2. The molecule has 1 N–H and O–H groups in total. The highest BCUT2D eigenvalue weighted by Gasteiger charge is 2.18. The molecule has 0 atom stereocenters. The molecular formula is C20H22N4O. The van der Waals surface area contributed by atoms with Gasteiger partial charge in [-0.2, -0.15) is 4.98 Å². The van der Waals surface area contributed by atoms with Gasteiger partial charge in [-0.3, -0.25) is 9.69 Å². The second-order valence-corrected chi connectivity index (χ2v) is 6.15. The van der Waals surface area contributed by atoms with Gasteiger partial charge < -0.3 is 5.32 Å². The van der Waals surface area contributed by atoms with Crippen LogP contribution in [-0.2, 0) is 0 Å². The molecule has 5 heteroatoms. The lowest BCUT2D eigenvalue weighted by molar-refractivity contribution is 0.0987. The van der Waals surface area contributed by atoms with E-state index in [0.717, 1.165) is 10.8 Å². The number of amides is 1. The van der Waals surface area contributed by atoms with Gasteiger partial charge in [0.1, 0.15) is 5.82 Å². The molecule has 1 heterocycles. The normalized spacial score (nSPS) is 10.9. The Labute approximate surface area is 147 Å². The van der Waals surface area contributed by atoms with Gasteiger partial charge in [0.15, 0.2) is 0 Å². The first kappa shape index (κ1) is 16.9. The van der Waals surface area contributed by atoms with Gasteiger partial charge in [0, 0.05) is 24.3 Å². The van der Waals surface area contributed by atoms with E-state index in [2.05, 4.69) is 15.3 Å². The Morgan fingerprint density at radius 1 is 1.12 bits per heavy atom. The molecule has 0 aliphatic rings. The van der Waals surface area contributed by atoms with Crippen molar-refractivity contribution in [3.8, 4) is 0 Å². The lowest BCUT2D eigenvalue weighted by atomic mass is 10.1. The third-order valence-electron chi connectivity index (χ3n) is 3.89. The van der Waals surface area contributed by atoms with Crippen LogP contribution in [0.1, 0.15) is 31.1 Å². The molecule has 0 saturated heterocycles. The van der Waals surface area contributed by atoms with Crippen LogP contribution in [0, 0.1) is 0 Å². The average molecular weight is 334 g/mol. The first-order valence-corrected chi connectivity index (χ1v) is 8.48. The van der Waals surface area contributed by atoms with Crippen molar-refractivity contribution < 1.29 is 4.79 Å². The molecule has 0 fully saturated rings. The molecule has 0 unspecified atom stereocenters. The molecule has 0 saturated carbocycles. The zero-order chi connectivity index (χ0) is 17.8. The SMILES string of the molecule is CCN(C(=O)c1ccc2ccccc2c1)c1ccnc(NC(C)C)n1. The van der Waals surface area contributed by atoms with Crippen LogP contribution in [0.4, 0.5) is 11.8 Å². The van der Waals surface area contributed by atoms with Crippen molar-refractivity contribution in [2.75, 3.05) is 16.8 Å². The molecule has 2 aromatic carbocycles. The molecule has 1 aromatic heterocycles. The van der Waals surface area contributed by atoms with E-state index < -0.39 is 0 Å². The second kappa shape index (κ2) is 7.30. The Bertz CT molecular complexity index is 892. The fourth-order valence-corrected chi connectivity index (χ4v) is 2.72. The molecule has 0 spiro atoms. The molecule has 0 radical (unpaired) electrons. The molecule has 3 aromatic rings. The van der Waals surface area contributed by atoms with E-state index in [9.17, 15) is 4.79 Å². The Balaban J connectivity index is 1.92. The number of aromatic nitrogens is 2. The average Bonchev–Trinajstić information content (AvgIpc) is 2.61. The monoisotopic (exact) mass is 334 g/mol. The predicted octanol–water partition coefficient (Wildman–Crippen LogP) is 4.12. The number of nitrogens with zero attached hydrogens (tertiary/aromatic N) is 3. The maximum atomic E-state index is 13.0. The zero-order valence-corrected chi connectivity index (χ0v) is 14.7. The lowest BCUT2D eigenvalue weighted by Gasteiger charge is -2.21. The highest BCUT2D eigenvalue weighted by Crippen LogP contribution is 2.20. The first-order valence-electron chi connectivity index (χ1n) is 8.48. The van der Waals surface area contributed by atoms with Crippen molar-refractivity contribution in [1.29, 1.82) is 0 Å². The van der Waals surface area contributed by atoms with Crippen molar-refractivity contribution in [1.82, 2.24) is 9.97 Å². The van der Waals surface area contributed by atoms with Crippen LogP contribution < -0.4 is 10.2 Å². The first-order chi connectivity index (χ1) is 12.1. The Morgan fingerprint density at radius 3 is 2.60 bits per heavy atom. The maximum absolute atomic E-state index is 13.0. The summed E-state index contributed by atoms with van der Waals surface area (Å²) in [5, 5.41) is 5.34. The van der Waals surface area contributed by atoms with Crippen LogP contribution in [0.15, 0.2) is 54.7 Å². The van der Waals surface area contributed by atoms with E-state index in [1.807, 2.05) is 63.2 Å². The minimum absolute atomic E-state index is 0.0672. The van der Waals surface area contributed by atoms with Gasteiger partial charge in [-0.1, -0.05) is 30.3 Å². The summed E-state index contributed by atoms with van der Waals surface area (Å²) < 4.78 is 0. The number of fused-ring (bicyclic) bond motifs is 1. The number of benzene rings is 2. The maximum Gasteiger partial charge on any atom is 0.259 e. The molecule has 25 heavy (non-hydrogen) atoms. The third kappa shape index (κ3) is 3.76. The molecule has 5 nitrogen and oxygen atoms in total. The lowest BCUT2D eigenvalue weighted by Crippen LogP contribution is -2.31. The third-order valence-corrected chi connectivity index (χ3v) is 3.89. The van der Waals surface area contributed by atoms with Crippen LogP contribution in [0.25, 0.3) is 10.8 Å². The predicted molar refractivity (Wildman–Crippen MR) is 102 cm³/mol. The molecule has 3 rings (SSSR count). The van der Waals surface area contributed by atoms with Gasteiger partial charge in [0.2, 0.25) is 5.95 Å². The molecule has 128 valence electrons. The highest BCUT2D eigenvalue weighted by molar-refractivity contribution is 6.07. The Hall–Kier alpha value is -2.95. The van der Waals surface area contributed by atoms with E-state index in [4.69, 9.17) is 0 Å². The van der Waals surface area contributed by atoms with Gasteiger partial charge in [-0.05, 0) is 49.7 Å². The second-order valence-electron chi connectivity index (χ2n) is 6.15. The van der Waals surface area contributed by atoms with E-state index in [0.29, 0.717) is 23.9 Å². The van der Waals surface area contributed by atoms with E-state index in [1.54, 1.807) is 17.2 Å².